The van der Waals surface area contributed by atoms with Gasteiger partial charge in [0.25, 0.3) is 5.91 Å². The predicted octanol–water partition coefficient (Wildman–Crippen LogP) is 2.34. The Morgan fingerprint density at radius 3 is 2.62 bits per heavy atom. The molecule has 29 heavy (non-hydrogen) atoms. The summed E-state index contributed by atoms with van der Waals surface area (Å²) in [4.78, 5) is 19.9. The van der Waals surface area contributed by atoms with Crippen LogP contribution < -0.4 is 0 Å². The SMILES string of the molecule is C[C@H]1c2nc(-c3ccccc3)nn2CCN1C(=O)c1ccccc1-c1nn[nH]n1. The van der Waals surface area contributed by atoms with Crippen LogP contribution in [0.3, 0.4) is 0 Å². The zero-order valence-electron chi connectivity index (χ0n) is 15.7. The van der Waals surface area contributed by atoms with Crippen molar-refractivity contribution >= 4 is 5.91 Å². The van der Waals surface area contributed by atoms with E-state index in [0.29, 0.717) is 35.9 Å². The van der Waals surface area contributed by atoms with Crippen LogP contribution in [0.4, 0.5) is 0 Å². The number of nitrogens with one attached hydrogen (secondary N) is 1. The van der Waals surface area contributed by atoms with Crippen molar-refractivity contribution in [1.82, 2.24) is 40.3 Å². The summed E-state index contributed by atoms with van der Waals surface area (Å²) in [6, 6.07) is 16.9. The van der Waals surface area contributed by atoms with E-state index in [-0.39, 0.29) is 11.9 Å². The molecule has 0 radical (unpaired) electrons. The van der Waals surface area contributed by atoms with Crippen LogP contribution in [0.5, 0.6) is 0 Å². The van der Waals surface area contributed by atoms with Crippen molar-refractivity contribution < 1.29 is 4.79 Å². The second kappa shape index (κ2) is 6.93. The average Bonchev–Trinajstić information content (AvgIpc) is 3.45. The van der Waals surface area contributed by atoms with Gasteiger partial charge in [-0.2, -0.15) is 10.3 Å². The number of tetrazole rings is 1. The minimum atomic E-state index is -0.209. The van der Waals surface area contributed by atoms with Crippen molar-refractivity contribution in [2.24, 2.45) is 0 Å². The van der Waals surface area contributed by atoms with Gasteiger partial charge >= 0.3 is 0 Å². The summed E-state index contributed by atoms with van der Waals surface area (Å²) in [6.07, 6.45) is 0. The number of carbonyl (C=O) groups is 1. The Balaban J connectivity index is 1.48. The highest BCUT2D eigenvalue weighted by Crippen LogP contribution is 2.29. The molecule has 0 bridgehead atoms. The Bertz CT molecular complexity index is 1150. The van der Waals surface area contributed by atoms with Gasteiger partial charge in [-0.25, -0.2) is 9.67 Å². The quantitative estimate of drug-likeness (QED) is 0.579. The Morgan fingerprint density at radius 1 is 1.03 bits per heavy atom. The summed E-state index contributed by atoms with van der Waals surface area (Å²) in [7, 11) is 0. The van der Waals surface area contributed by atoms with E-state index in [1.807, 2.05) is 65.0 Å². The molecule has 1 N–H and O–H groups in total. The predicted molar refractivity (Wildman–Crippen MR) is 105 cm³/mol. The van der Waals surface area contributed by atoms with E-state index in [9.17, 15) is 4.79 Å². The first-order valence-corrected chi connectivity index (χ1v) is 9.36. The van der Waals surface area contributed by atoms with Crippen molar-refractivity contribution in [3.05, 3.63) is 66.0 Å². The standard InChI is InChI=1S/C20H18N8O/c1-13-19-21-17(14-7-3-2-4-8-14)24-28(19)12-11-27(13)20(29)16-10-6-5-9-15(16)18-22-25-26-23-18/h2-10,13H,11-12H2,1H3,(H,22,23,25,26)/t13-/m0/s1. The fourth-order valence-corrected chi connectivity index (χ4v) is 3.65. The van der Waals surface area contributed by atoms with Crippen LogP contribution in [-0.2, 0) is 6.54 Å². The number of nitrogens with zero attached hydrogens (tertiary/aromatic N) is 7. The first-order chi connectivity index (χ1) is 14.2. The first kappa shape index (κ1) is 17.2. The van der Waals surface area contributed by atoms with Gasteiger partial charge in [0.2, 0.25) is 5.82 Å². The number of aromatic nitrogens is 7. The first-order valence-electron chi connectivity index (χ1n) is 9.36. The minimum Gasteiger partial charge on any atom is -0.327 e. The van der Waals surface area contributed by atoms with Gasteiger partial charge in [0, 0.05) is 17.7 Å². The molecular formula is C20H18N8O. The third-order valence-corrected chi connectivity index (χ3v) is 5.13. The summed E-state index contributed by atoms with van der Waals surface area (Å²) in [5.41, 5.74) is 2.15. The lowest BCUT2D eigenvalue weighted by Gasteiger charge is -2.33. The van der Waals surface area contributed by atoms with Gasteiger partial charge < -0.3 is 4.90 Å². The van der Waals surface area contributed by atoms with E-state index in [4.69, 9.17) is 4.98 Å². The monoisotopic (exact) mass is 386 g/mol. The molecule has 9 heteroatoms. The van der Waals surface area contributed by atoms with Gasteiger partial charge in [-0.05, 0) is 18.2 Å². The number of hydrogen-bond donors (Lipinski definition) is 1. The van der Waals surface area contributed by atoms with Gasteiger partial charge in [-0.1, -0.05) is 48.5 Å². The molecule has 3 heterocycles. The molecule has 1 aliphatic rings. The van der Waals surface area contributed by atoms with Crippen molar-refractivity contribution in [1.29, 1.82) is 0 Å². The molecular weight excluding hydrogens is 368 g/mol. The van der Waals surface area contributed by atoms with Crippen LogP contribution in [0.25, 0.3) is 22.8 Å². The average molecular weight is 386 g/mol. The largest absolute Gasteiger partial charge is 0.327 e. The molecule has 0 fully saturated rings. The van der Waals surface area contributed by atoms with Crippen LogP contribution in [0.1, 0.15) is 29.1 Å². The number of rotatable bonds is 3. The van der Waals surface area contributed by atoms with E-state index in [2.05, 4.69) is 25.7 Å². The number of amides is 1. The van der Waals surface area contributed by atoms with Crippen LogP contribution in [-0.4, -0.2) is 52.7 Å². The smallest absolute Gasteiger partial charge is 0.255 e. The Hall–Kier alpha value is -3.88. The molecule has 5 rings (SSSR count). The number of fused-ring (bicyclic) bond motifs is 1. The van der Waals surface area contributed by atoms with Crippen molar-refractivity contribution in [2.75, 3.05) is 6.54 Å². The maximum absolute atomic E-state index is 13.4. The summed E-state index contributed by atoms with van der Waals surface area (Å²) >= 11 is 0. The van der Waals surface area contributed by atoms with E-state index >= 15 is 0 Å². The highest BCUT2D eigenvalue weighted by Gasteiger charge is 2.32. The maximum Gasteiger partial charge on any atom is 0.255 e. The Morgan fingerprint density at radius 2 is 1.83 bits per heavy atom. The van der Waals surface area contributed by atoms with E-state index in [1.165, 1.54) is 0 Å². The van der Waals surface area contributed by atoms with Crippen LogP contribution in [0.2, 0.25) is 0 Å². The summed E-state index contributed by atoms with van der Waals surface area (Å²) in [5, 5.41) is 18.7. The second-order valence-electron chi connectivity index (χ2n) is 6.84. The van der Waals surface area contributed by atoms with E-state index in [1.54, 1.807) is 6.07 Å². The van der Waals surface area contributed by atoms with E-state index in [0.717, 1.165) is 11.4 Å². The minimum absolute atomic E-state index is 0.0894. The molecule has 1 amide bonds. The maximum atomic E-state index is 13.4. The van der Waals surface area contributed by atoms with Gasteiger partial charge in [0.1, 0.15) is 5.82 Å². The molecule has 9 nitrogen and oxygen atoms in total. The van der Waals surface area contributed by atoms with Gasteiger partial charge in [-0.3, -0.25) is 4.79 Å². The van der Waals surface area contributed by atoms with E-state index < -0.39 is 0 Å². The number of carbonyl (C=O) groups excluding carboxylic acids is 1. The number of hydrogen-bond acceptors (Lipinski definition) is 6. The topological polar surface area (TPSA) is 105 Å². The normalized spacial score (nSPS) is 15.9. The molecule has 0 saturated carbocycles. The third-order valence-electron chi connectivity index (χ3n) is 5.13. The zero-order valence-corrected chi connectivity index (χ0v) is 15.7. The van der Waals surface area contributed by atoms with Crippen LogP contribution in [0, 0.1) is 0 Å². The molecule has 2 aromatic carbocycles. The Labute approximate surface area is 166 Å². The zero-order chi connectivity index (χ0) is 19.8. The van der Waals surface area contributed by atoms with Gasteiger partial charge in [0.15, 0.2) is 5.82 Å². The van der Waals surface area contributed by atoms with Gasteiger partial charge in [-0.15, -0.1) is 10.2 Å². The lowest BCUT2D eigenvalue weighted by atomic mass is 10.0. The summed E-state index contributed by atoms with van der Waals surface area (Å²) in [6.45, 7) is 3.12. The third kappa shape index (κ3) is 2.96. The molecule has 0 aliphatic carbocycles. The van der Waals surface area contributed by atoms with Crippen molar-refractivity contribution in [3.8, 4) is 22.8 Å². The molecule has 0 saturated heterocycles. The fraction of sp³-hybridized carbons (Fsp3) is 0.200. The molecule has 1 atom stereocenters. The van der Waals surface area contributed by atoms with Crippen molar-refractivity contribution in [2.45, 2.75) is 19.5 Å². The second-order valence-corrected chi connectivity index (χ2v) is 6.84. The molecule has 0 spiro atoms. The molecule has 4 aromatic rings. The lowest BCUT2D eigenvalue weighted by molar-refractivity contribution is 0.0631. The highest BCUT2D eigenvalue weighted by atomic mass is 16.2. The van der Waals surface area contributed by atoms with Crippen LogP contribution >= 0.6 is 0 Å². The number of H-pyrrole nitrogens is 1. The van der Waals surface area contributed by atoms with Gasteiger partial charge in [0.05, 0.1) is 18.2 Å². The molecule has 144 valence electrons. The highest BCUT2D eigenvalue weighted by molar-refractivity contribution is 6.00. The number of aromatic amines is 1. The molecule has 0 unspecified atom stereocenters. The molecule has 2 aromatic heterocycles. The summed E-state index contributed by atoms with van der Waals surface area (Å²) < 4.78 is 1.89. The lowest BCUT2D eigenvalue weighted by Crippen LogP contribution is -2.41. The Kier molecular flexibility index (Phi) is 4.12. The summed E-state index contributed by atoms with van der Waals surface area (Å²) in [5.74, 6) is 1.76. The van der Waals surface area contributed by atoms with Crippen LogP contribution in [0.15, 0.2) is 54.6 Å². The fourth-order valence-electron chi connectivity index (χ4n) is 3.65. The molecule has 1 aliphatic heterocycles. The van der Waals surface area contributed by atoms with Crippen molar-refractivity contribution in [3.63, 3.8) is 0 Å². The number of benzene rings is 2.